The van der Waals surface area contributed by atoms with Gasteiger partial charge in [-0.15, -0.1) is 0 Å². The van der Waals surface area contributed by atoms with E-state index in [-0.39, 0.29) is 27.6 Å². The van der Waals surface area contributed by atoms with E-state index < -0.39 is 33.6 Å². The van der Waals surface area contributed by atoms with E-state index in [0.29, 0.717) is 18.5 Å². The van der Waals surface area contributed by atoms with Crippen LogP contribution in [0.5, 0.6) is 0 Å². The number of sulfonamides is 1. The monoisotopic (exact) mass is 521 g/mol. The fraction of sp³-hybridized carbons (Fsp3) is 0.467. The number of ether oxygens (including phenoxy) is 1. The van der Waals surface area contributed by atoms with E-state index >= 15 is 0 Å². The van der Waals surface area contributed by atoms with Gasteiger partial charge < -0.3 is 4.74 Å². The largest absolute Gasteiger partial charge is 0.456 e. The zero-order valence-electron chi connectivity index (χ0n) is 22.2. The molecule has 2 bridgehead atoms. The molecule has 2 aromatic carbocycles. The lowest BCUT2D eigenvalue weighted by molar-refractivity contribution is -0.153. The topological polar surface area (TPSA) is 80.8 Å². The Morgan fingerprint density at radius 3 is 2.27 bits per heavy atom. The molecule has 3 aliphatic carbocycles. The Bertz CT molecular complexity index is 1370. The molecule has 0 heterocycles. The molecule has 4 atom stereocenters. The predicted octanol–water partition coefficient (Wildman–Crippen LogP) is 5.52. The molecule has 0 aliphatic heterocycles. The van der Waals surface area contributed by atoms with Crippen LogP contribution in [-0.2, 0) is 24.3 Å². The van der Waals surface area contributed by atoms with Crippen molar-refractivity contribution in [3.05, 3.63) is 71.3 Å². The fourth-order valence-electron chi connectivity index (χ4n) is 6.97. The number of benzene rings is 2. The molecule has 0 radical (unpaired) electrons. The minimum absolute atomic E-state index is 0.0390. The van der Waals surface area contributed by atoms with Gasteiger partial charge in [0.1, 0.15) is 6.10 Å². The number of aryl methyl sites for hydroxylation is 2. The number of ketones is 1. The molecule has 3 aliphatic rings. The molecule has 0 amide bonds. The second-order valence-electron chi connectivity index (χ2n) is 11.6. The summed E-state index contributed by atoms with van der Waals surface area (Å²) in [5, 5.41) is 0. The highest BCUT2D eigenvalue weighted by molar-refractivity contribution is 7.92. The van der Waals surface area contributed by atoms with E-state index in [9.17, 15) is 18.0 Å². The van der Waals surface area contributed by atoms with Crippen LogP contribution in [0.2, 0.25) is 0 Å². The molecule has 4 unspecified atom stereocenters. The molecule has 0 N–H and O–H groups in total. The number of Topliss-reactive ketones (excluding diaryl/α,β-unsaturated/α-hetero) is 1. The standard InChI is InChI=1S/C30H35NO5S/c1-19-16-20(2)18-21(17-19)31(37(34,35)22-10-7-6-8-11-22)26-24-14-15-30(5,29(24,3)4)27(26)36-28(33)23-12-9-13-25(23)32/h6-8,10-12,16-18,24,26-27H,9,13-15H2,1-5H3. The Kier molecular flexibility index (Phi) is 6.13. The first-order chi connectivity index (χ1) is 17.4. The van der Waals surface area contributed by atoms with Gasteiger partial charge in [0.25, 0.3) is 10.0 Å². The van der Waals surface area contributed by atoms with Crippen molar-refractivity contribution in [2.75, 3.05) is 4.31 Å². The number of carbonyl (C=O) groups is 2. The Morgan fingerprint density at radius 1 is 1.03 bits per heavy atom. The Hall–Kier alpha value is -2.93. The van der Waals surface area contributed by atoms with Crippen molar-refractivity contribution in [3.8, 4) is 0 Å². The predicted molar refractivity (Wildman–Crippen MR) is 143 cm³/mol. The first-order valence-electron chi connectivity index (χ1n) is 13.0. The third-order valence-electron chi connectivity index (χ3n) is 9.23. The number of hydrogen-bond donors (Lipinski definition) is 0. The Labute approximate surface area is 219 Å². The average Bonchev–Trinajstić information content (AvgIpc) is 3.40. The number of carbonyl (C=O) groups excluding carboxylic acids is 2. The lowest BCUT2D eigenvalue weighted by Crippen LogP contribution is -2.54. The van der Waals surface area contributed by atoms with Crippen molar-refractivity contribution in [2.45, 2.75) is 77.3 Å². The van der Waals surface area contributed by atoms with Gasteiger partial charge in [-0.25, -0.2) is 13.2 Å². The van der Waals surface area contributed by atoms with E-state index in [4.69, 9.17) is 4.74 Å². The molecule has 2 aromatic rings. The molecule has 196 valence electrons. The number of esters is 1. The SMILES string of the molecule is Cc1cc(C)cc(N(C2C3CCC(C)(C2OC(=O)C2=CCCC2=O)C3(C)C)S(=O)(=O)c2ccccc2)c1. The number of hydrogen-bond acceptors (Lipinski definition) is 5. The molecule has 7 heteroatoms. The zero-order valence-corrected chi connectivity index (χ0v) is 23.0. The third-order valence-corrected chi connectivity index (χ3v) is 11.1. The average molecular weight is 522 g/mol. The van der Waals surface area contributed by atoms with E-state index in [1.54, 1.807) is 36.4 Å². The zero-order chi connectivity index (χ0) is 26.8. The minimum atomic E-state index is -4.01. The van der Waals surface area contributed by atoms with Crippen LogP contribution in [0.3, 0.4) is 0 Å². The number of anilines is 1. The highest BCUT2D eigenvalue weighted by Crippen LogP contribution is 2.68. The summed E-state index contributed by atoms with van der Waals surface area (Å²) in [6, 6.07) is 13.6. The van der Waals surface area contributed by atoms with E-state index in [1.807, 2.05) is 32.0 Å². The molecule has 6 nitrogen and oxygen atoms in total. The second-order valence-corrected chi connectivity index (χ2v) is 13.5. The van der Waals surface area contributed by atoms with Gasteiger partial charge in [0.15, 0.2) is 5.78 Å². The van der Waals surface area contributed by atoms with E-state index in [0.717, 1.165) is 24.0 Å². The molecule has 2 fully saturated rings. The third kappa shape index (κ3) is 3.94. The first-order valence-corrected chi connectivity index (χ1v) is 14.4. The van der Waals surface area contributed by atoms with Gasteiger partial charge in [-0.1, -0.05) is 51.1 Å². The Morgan fingerprint density at radius 2 is 1.68 bits per heavy atom. The molecule has 0 spiro atoms. The number of rotatable bonds is 6. The first kappa shape index (κ1) is 25.7. The van der Waals surface area contributed by atoms with Crippen molar-refractivity contribution in [3.63, 3.8) is 0 Å². The van der Waals surface area contributed by atoms with Gasteiger partial charge in [0, 0.05) is 11.8 Å². The molecule has 2 saturated carbocycles. The van der Waals surface area contributed by atoms with Gasteiger partial charge in [-0.2, -0.15) is 0 Å². The Balaban J connectivity index is 1.69. The summed E-state index contributed by atoms with van der Waals surface area (Å²) in [5.74, 6) is -0.889. The molecule has 0 aromatic heterocycles. The number of nitrogens with zero attached hydrogens (tertiary/aromatic N) is 1. The van der Waals surface area contributed by atoms with Crippen molar-refractivity contribution in [1.29, 1.82) is 0 Å². The summed E-state index contributed by atoms with van der Waals surface area (Å²) in [7, 11) is -4.01. The normalized spacial score (nSPS) is 28.3. The van der Waals surface area contributed by atoms with Crippen LogP contribution in [0, 0.1) is 30.6 Å². The van der Waals surface area contributed by atoms with Crippen LogP contribution in [0.15, 0.2) is 65.1 Å². The molecular formula is C30H35NO5S. The molecule has 0 saturated heterocycles. The van der Waals surface area contributed by atoms with Gasteiger partial charge in [-0.05, 0) is 79.8 Å². The van der Waals surface area contributed by atoms with Gasteiger partial charge in [-0.3, -0.25) is 9.10 Å². The second kappa shape index (κ2) is 8.83. The summed E-state index contributed by atoms with van der Waals surface area (Å²) in [6.45, 7) is 10.3. The molecular weight excluding hydrogens is 486 g/mol. The maximum atomic E-state index is 14.4. The van der Waals surface area contributed by atoms with Crippen molar-refractivity contribution in [2.24, 2.45) is 16.7 Å². The minimum Gasteiger partial charge on any atom is -0.456 e. The lowest BCUT2D eigenvalue weighted by atomic mass is 9.70. The summed E-state index contributed by atoms with van der Waals surface area (Å²) in [4.78, 5) is 25.8. The van der Waals surface area contributed by atoms with Gasteiger partial charge >= 0.3 is 5.97 Å². The smallest absolute Gasteiger partial charge is 0.341 e. The molecule has 5 rings (SSSR count). The fourth-order valence-corrected chi connectivity index (χ4v) is 8.66. The summed E-state index contributed by atoms with van der Waals surface area (Å²) >= 11 is 0. The molecule has 37 heavy (non-hydrogen) atoms. The van der Waals surface area contributed by atoms with Crippen molar-refractivity contribution in [1.82, 2.24) is 0 Å². The number of allylic oxidation sites excluding steroid dienone is 1. The summed E-state index contributed by atoms with van der Waals surface area (Å²) in [5.41, 5.74) is 1.81. The van der Waals surface area contributed by atoms with Crippen LogP contribution in [0.25, 0.3) is 0 Å². The maximum absolute atomic E-state index is 14.4. The van der Waals surface area contributed by atoms with Crippen LogP contribution < -0.4 is 4.31 Å². The summed E-state index contributed by atoms with van der Waals surface area (Å²) in [6.07, 6.45) is 3.42. The van der Waals surface area contributed by atoms with Crippen LogP contribution in [0.1, 0.15) is 57.6 Å². The van der Waals surface area contributed by atoms with E-state index in [2.05, 4.69) is 20.8 Å². The summed E-state index contributed by atoms with van der Waals surface area (Å²) < 4.78 is 36.5. The van der Waals surface area contributed by atoms with Gasteiger partial charge in [0.2, 0.25) is 0 Å². The quantitative estimate of drug-likeness (QED) is 0.369. The van der Waals surface area contributed by atoms with Crippen molar-refractivity contribution >= 4 is 27.5 Å². The van der Waals surface area contributed by atoms with Crippen LogP contribution >= 0.6 is 0 Å². The maximum Gasteiger partial charge on any atom is 0.341 e. The lowest BCUT2D eigenvalue weighted by Gasteiger charge is -2.42. The van der Waals surface area contributed by atoms with Gasteiger partial charge in [0.05, 0.1) is 22.2 Å². The highest BCUT2D eigenvalue weighted by atomic mass is 32.2. The van der Waals surface area contributed by atoms with Crippen molar-refractivity contribution < 1.29 is 22.7 Å². The number of fused-ring (bicyclic) bond motifs is 2. The van der Waals surface area contributed by atoms with E-state index in [1.165, 1.54) is 4.31 Å². The van der Waals surface area contributed by atoms with Crippen LogP contribution in [-0.4, -0.2) is 32.3 Å². The highest BCUT2D eigenvalue weighted by Gasteiger charge is 2.70. The van der Waals surface area contributed by atoms with Crippen LogP contribution in [0.4, 0.5) is 5.69 Å².